The number of hydrogen-bond donors (Lipinski definition) is 2. The second-order valence-corrected chi connectivity index (χ2v) is 7.34. The Hall–Kier alpha value is -2.32. The molecule has 0 saturated carbocycles. The molecule has 0 fully saturated rings. The van der Waals surface area contributed by atoms with Crippen molar-refractivity contribution in [2.24, 2.45) is 4.99 Å². The maximum absolute atomic E-state index is 12.3. The molecule has 1 unspecified atom stereocenters. The smallest absolute Gasteiger partial charge is 0.326 e. The van der Waals surface area contributed by atoms with Gasteiger partial charge in [-0.15, -0.1) is 11.3 Å². The molecule has 8 heteroatoms. The van der Waals surface area contributed by atoms with Gasteiger partial charge < -0.3 is 10.2 Å². The number of unbranched alkanes of at least 4 members (excludes halogenated alkanes) is 1. The minimum atomic E-state index is -1.06. The van der Waals surface area contributed by atoms with Crippen molar-refractivity contribution in [1.29, 1.82) is 0 Å². The fraction of sp³-hybridized carbons (Fsp3) is 0.294. The summed E-state index contributed by atoms with van der Waals surface area (Å²) < 4.78 is 1.45. The molecule has 3 rings (SSSR count). The standard InChI is InChI=1S/C17H16N2O4S2/c1-2-3-8-11(16(22)23)19-15(21)13(25-17(19)24)12-9-6-4-5-7-10(9)18-14(12)20/h4-7,11,21H,2-3,8H2,1H3,(H,22,23). The maximum Gasteiger partial charge on any atom is 0.326 e. The molecule has 2 heterocycles. The van der Waals surface area contributed by atoms with Crippen molar-refractivity contribution in [2.45, 2.75) is 32.2 Å². The predicted molar refractivity (Wildman–Crippen MR) is 95.7 cm³/mol. The van der Waals surface area contributed by atoms with Crippen LogP contribution in [-0.2, 0) is 9.59 Å². The van der Waals surface area contributed by atoms with Crippen LogP contribution in [0.4, 0.5) is 0 Å². The number of nitrogens with zero attached hydrogens (tertiary/aromatic N) is 2. The van der Waals surface area contributed by atoms with Crippen LogP contribution >= 0.6 is 23.6 Å². The molecule has 1 aromatic heterocycles. The summed E-state index contributed by atoms with van der Waals surface area (Å²) >= 11 is 6.31. The van der Waals surface area contributed by atoms with Crippen molar-refractivity contribution < 1.29 is 19.8 Å². The normalized spacial score (nSPS) is 14.3. The Labute approximate surface area is 152 Å². The Morgan fingerprint density at radius 3 is 2.80 bits per heavy atom. The van der Waals surface area contributed by atoms with Crippen LogP contribution in [0.5, 0.6) is 5.88 Å². The molecule has 0 saturated heterocycles. The van der Waals surface area contributed by atoms with Gasteiger partial charge in [-0.2, -0.15) is 0 Å². The van der Waals surface area contributed by atoms with Crippen molar-refractivity contribution >= 4 is 41.0 Å². The topological polar surface area (TPSA) is 91.9 Å². The van der Waals surface area contributed by atoms with E-state index in [1.54, 1.807) is 24.3 Å². The van der Waals surface area contributed by atoms with Crippen LogP contribution in [0.15, 0.2) is 29.3 Å². The first kappa shape index (κ1) is 17.5. The van der Waals surface area contributed by atoms with Gasteiger partial charge >= 0.3 is 5.97 Å². The van der Waals surface area contributed by atoms with E-state index in [2.05, 4.69) is 4.99 Å². The molecule has 1 aromatic carbocycles. The number of carboxylic acid groups (broad SMARTS) is 1. The maximum atomic E-state index is 12.3. The zero-order valence-corrected chi connectivity index (χ0v) is 15.1. The second kappa shape index (κ2) is 6.89. The summed E-state index contributed by atoms with van der Waals surface area (Å²) in [5.74, 6) is -1.80. The van der Waals surface area contributed by atoms with Crippen LogP contribution in [0.3, 0.4) is 0 Å². The van der Waals surface area contributed by atoms with Gasteiger partial charge in [-0.25, -0.2) is 9.79 Å². The van der Waals surface area contributed by atoms with Crippen LogP contribution in [0, 0.1) is 3.95 Å². The number of amides is 1. The largest absolute Gasteiger partial charge is 0.493 e. The van der Waals surface area contributed by atoms with E-state index in [0.717, 1.165) is 17.8 Å². The van der Waals surface area contributed by atoms with E-state index in [1.165, 1.54) is 4.57 Å². The van der Waals surface area contributed by atoms with Crippen molar-refractivity contribution in [2.75, 3.05) is 0 Å². The fourth-order valence-corrected chi connectivity index (χ4v) is 4.30. The van der Waals surface area contributed by atoms with E-state index in [1.807, 2.05) is 6.92 Å². The Balaban J connectivity index is 2.20. The minimum absolute atomic E-state index is 0.223. The van der Waals surface area contributed by atoms with Crippen LogP contribution in [0.25, 0.3) is 5.57 Å². The number of rotatable bonds is 6. The molecule has 1 amide bonds. The van der Waals surface area contributed by atoms with Gasteiger partial charge in [0.25, 0.3) is 5.91 Å². The second-order valence-electron chi connectivity index (χ2n) is 5.70. The third-order valence-electron chi connectivity index (χ3n) is 4.08. The minimum Gasteiger partial charge on any atom is -0.493 e. The Bertz CT molecular complexity index is 1040. The highest BCUT2D eigenvalue weighted by molar-refractivity contribution is 7.73. The van der Waals surface area contributed by atoms with Gasteiger partial charge in [-0.1, -0.05) is 38.0 Å². The van der Waals surface area contributed by atoms with Gasteiger partial charge in [0.2, 0.25) is 5.88 Å². The lowest BCUT2D eigenvalue weighted by Crippen LogP contribution is -2.22. The van der Waals surface area contributed by atoms with Gasteiger partial charge in [0.1, 0.15) is 10.9 Å². The summed E-state index contributed by atoms with van der Waals surface area (Å²) in [5.41, 5.74) is 0.266. The SMILES string of the molecule is CCCCC(C(=O)O)n1c(O)c(C2=c3ccccc3=NC2=O)sc1=S. The lowest BCUT2D eigenvalue weighted by Gasteiger charge is -2.14. The summed E-state index contributed by atoms with van der Waals surface area (Å²) in [6.07, 6.45) is 1.88. The van der Waals surface area contributed by atoms with Gasteiger partial charge in [-0.05, 0) is 24.7 Å². The lowest BCUT2D eigenvalue weighted by molar-refractivity contribution is -0.141. The van der Waals surface area contributed by atoms with Crippen LogP contribution in [0.2, 0.25) is 0 Å². The van der Waals surface area contributed by atoms with Crippen LogP contribution < -0.4 is 10.6 Å². The highest BCUT2D eigenvalue weighted by atomic mass is 32.1. The summed E-state index contributed by atoms with van der Waals surface area (Å²) in [6.45, 7) is 1.96. The number of aromatic hydroxyl groups is 1. The predicted octanol–water partition coefficient (Wildman–Crippen LogP) is 2.16. The number of hydrogen-bond acceptors (Lipinski definition) is 5. The number of aromatic nitrogens is 1. The average Bonchev–Trinajstić information content (AvgIpc) is 3.04. The zero-order chi connectivity index (χ0) is 18.1. The molecule has 0 radical (unpaired) electrons. The molecule has 0 aliphatic carbocycles. The average molecular weight is 376 g/mol. The number of thiazole rings is 1. The Morgan fingerprint density at radius 2 is 2.12 bits per heavy atom. The van der Waals surface area contributed by atoms with E-state index >= 15 is 0 Å². The fourth-order valence-electron chi connectivity index (χ4n) is 2.86. The highest BCUT2D eigenvalue weighted by Gasteiger charge is 2.29. The molecule has 1 atom stereocenters. The third kappa shape index (κ3) is 3.03. The molecule has 1 aliphatic heterocycles. The summed E-state index contributed by atoms with van der Waals surface area (Å²) in [7, 11) is 0. The lowest BCUT2D eigenvalue weighted by atomic mass is 10.1. The molecule has 130 valence electrons. The molecule has 2 N–H and O–H groups in total. The van der Waals surface area contributed by atoms with E-state index in [0.29, 0.717) is 23.4 Å². The number of aliphatic carboxylic acids is 1. The Morgan fingerprint density at radius 1 is 1.40 bits per heavy atom. The number of benzene rings is 1. The quantitative estimate of drug-likeness (QED) is 0.754. The molecule has 0 spiro atoms. The number of carboxylic acids is 1. The van der Waals surface area contributed by atoms with Crippen LogP contribution in [-0.4, -0.2) is 26.7 Å². The molecular weight excluding hydrogens is 360 g/mol. The van der Waals surface area contributed by atoms with Crippen molar-refractivity contribution in [3.63, 3.8) is 0 Å². The molecule has 1 aliphatic rings. The van der Waals surface area contributed by atoms with Crippen molar-refractivity contribution in [1.82, 2.24) is 4.57 Å². The van der Waals surface area contributed by atoms with Crippen molar-refractivity contribution in [3.8, 4) is 5.88 Å². The van der Waals surface area contributed by atoms with E-state index in [4.69, 9.17) is 12.2 Å². The zero-order valence-electron chi connectivity index (χ0n) is 13.4. The van der Waals surface area contributed by atoms with Gasteiger partial charge in [0.05, 0.1) is 10.9 Å². The van der Waals surface area contributed by atoms with Gasteiger partial charge in [-0.3, -0.25) is 9.36 Å². The van der Waals surface area contributed by atoms with E-state index in [-0.39, 0.29) is 20.3 Å². The monoisotopic (exact) mass is 376 g/mol. The number of para-hydroxylation sites is 1. The molecule has 0 bridgehead atoms. The molecule has 6 nitrogen and oxygen atoms in total. The van der Waals surface area contributed by atoms with E-state index < -0.39 is 17.9 Å². The molecule has 2 aromatic rings. The third-order valence-corrected chi connectivity index (χ3v) is 5.49. The number of carbonyl (C=O) groups is 2. The molecule has 25 heavy (non-hydrogen) atoms. The number of fused-ring (bicyclic) bond motifs is 1. The Kier molecular flexibility index (Phi) is 4.82. The molecular formula is C17H16N2O4S2. The number of carbonyl (C=O) groups excluding carboxylic acids is 1. The van der Waals surface area contributed by atoms with Crippen molar-refractivity contribution in [3.05, 3.63) is 43.7 Å². The summed E-state index contributed by atoms with van der Waals surface area (Å²) in [6, 6.07) is 6.06. The first-order valence-corrected chi connectivity index (χ1v) is 9.08. The summed E-state index contributed by atoms with van der Waals surface area (Å²) in [4.78, 5) is 28.2. The van der Waals surface area contributed by atoms with E-state index in [9.17, 15) is 19.8 Å². The van der Waals surface area contributed by atoms with Gasteiger partial charge in [0, 0.05) is 5.22 Å². The first-order valence-electron chi connectivity index (χ1n) is 7.85. The highest BCUT2D eigenvalue weighted by Crippen LogP contribution is 2.36. The summed E-state index contributed by atoms with van der Waals surface area (Å²) in [5, 5.41) is 21.3. The van der Waals surface area contributed by atoms with Gasteiger partial charge in [0.15, 0.2) is 3.95 Å². The first-order chi connectivity index (χ1) is 12.0. The van der Waals surface area contributed by atoms with Crippen LogP contribution in [0.1, 0.15) is 37.1 Å².